The van der Waals surface area contributed by atoms with E-state index in [9.17, 15) is 9.59 Å². The molecule has 0 unspecified atom stereocenters. The number of aryl methyl sites for hydroxylation is 3. The summed E-state index contributed by atoms with van der Waals surface area (Å²) in [4.78, 5) is 25.4. The molecule has 0 aliphatic heterocycles. The van der Waals surface area contributed by atoms with Crippen molar-refractivity contribution in [1.82, 2.24) is 0 Å². The predicted octanol–water partition coefficient (Wildman–Crippen LogP) is 5.13. The van der Waals surface area contributed by atoms with Gasteiger partial charge in [0.05, 0.1) is 12.8 Å². The smallest absolute Gasteiger partial charge is 0.255 e. The highest BCUT2D eigenvalue weighted by Crippen LogP contribution is 2.25. The predicted molar refractivity (Wildman–Crippen MR) is 116 cm³/mol. The molecule has 0 bridgehead atoms. The average molecular weight is 388 g/mol. The van der Waals surface area contributed by atoms with E-state index in [1.807, 2.05) is 45.0 Å². The fourth-order valence-electron chi connectivity index (χ4n) is 3.31. The molecule has 0 aliphatic carbocycles. The van der Waals surface area contributed by atoms with Gasteiger partial charge < -0.3 is 15.4 Å². The summed E-state index contributed by atoms with van der Waals surface area (Å²) in [7, 11) is 1.55. The van der Waals surface area contributed by atoms with Crippen molar-refractivity contribution in [3.8, 4) is 5.75 Å². The Morgan fingerprint density at radius 2 is 1.34 bits per heavy atom. The second kappa shape index (κ2) is 8.61. The van der Waals surface area contributed by atoms with Crippen LogP contribution in [0.3, 0.4) is 0 Å². The zero-order valence-corrected chi connectivity index (χ0v) is 17.0. The molecular weight excluding hydrogens is 364 g/mol. The summed E-state index contributed by atoms with van der Waals surface area (Å²) >= 11 is 0. The lowest BCUT2D eigenvalue weighted by Crippen LogP contribution is -2.16. The first-order chi connectivity index (χ1) is 13.9. The number of nitrogens with one attached hydrogen (secondary N) is 2. The summed E-state index contributed by atoms with van der Waals surface area (Å²) in [6, 6.07) is 17.9. The zero-order valence-electron chi connectivity index (χ0n) is 17.0. The minimum absolute atomic E-state index is 0.257. The Labute approximate surface area is 170 Å². The number of hydrogen-bond donors (Lipinski definition) is 2. The van der Waals surface area contributed by atoms with Crippen molar-refractivity contribution in [2.24, 2.45) is 0 Å². The van der Waals surface area contributed by atoms with Crippen molar-refractivity contribution >= 4 is 23.2 Å². The molecule has 2 amide bonds. The van der Waals surface area contributed by atoms with E-state index in [0.29, 0.717) is 22.6 Å². The van der Waals surface area contributed by atoms with Gasteiger partial charge in [0, 0.05) is 16.8 Å². The molecule has 2 N–H and O–H groups in total. The highest BCUT2D eigenvalue weighted by molar-refractivity contribution is 6.09. The Hall–Kier alpha value is -3.60. The third-order valence-electron chi connectivity index (χ3n) is 4.66. The summed E-state index contributed by atoms with van der Waals surface area (Å²) in [6.45, 7) is 5.95. The van der Waals surface area contributed by atoms with Gasteiger partial charge in [0.25, 0.3) is 11.8 Å². The maximum Gasteiger partial charge on any atom is 0.255 e. The first-order valence-corrected chi connectivity index (χ1v) is 9.32. The summed E-state index contributed by atoms with van der Waals surface area (Å²) in [5.41, 5.74) is 5.32. The lowest BCUT2D eigenvalue weighted by Gasteiger charge is -2.13. The zero-order chi connectivity index (χ0) is 21.0. The van der Waals surface area contributed by atoms with Gasteiger partial charge in [-0.15, -0.1) is 0 Å². The van der Waals surface area contributed by atoms with Gasteiger partial charge in [-0.1, -0.05) is 35.9 Å². The van der Waals surface area contributed by atoms with Crippen LogP contribution in [0.1, 0.15) is 37.4 Å². The normalized spacial score (nSPS) is 10.3. The van der Waals surface area contributed by atoms with Crippen LogP contribution in [0.15, 0.2) is 60.7 Å². The molecule has 0 heterocycles. The van der Waals surface area contributed by atoms with Gasteiger partial charge >= 0.3 is 0 Å². The highest BCUT2D eigenvalue weighted by atomic mass is 16.5. The first kappa shape index (κ1) is 20.1. The lowest BCUT2D eigenvalue weighted by molar-refractivity contribution is 0.102. The van der Waals surface area contributed by atoms with E-state index in [-0.39, 0.29) is 11.8 Å². The maximum atomic E-state index is 12.8. The van der Waals surface area contributed by atoms with Crippen LogP contribution in [0.2, 0.25) is 0 Å². The summed E-state index contributed by atoms with van der Waals surface area (Å²) in [6.07, 6.45) is 0. The molecule has 0 atom stereocenters. The second-order valence-corrected chi connectivity index (χ2v) is 6.96. The van der Waals surface area contributed by atoms with Gasteiger partial charge in [-0.2, -0.15) is 0 Å². The Morgan fingerprint density at radius 3 is 1.97 bits per heavy atom. The lowest BCUT2D eigenvalue weighted by atomic mass is 10.0. The minimum atomic E-state index is -0.313. The number of ether oxygens (including phenoxy) is 1. The number of anilines is 2. The van der Waals surface area contributed by atoms with E-state index in [2.05, 4.69) is 10.6 Å². The Morgan fingerprint density at radius 1 is 0.759 bits per heavy atom. The Bertz CT molecular complexity index is 1050. The number of benzene rings is 3. The molecule has 0 fully saturated rings. The summed E-state index contributed by atoms with van der Waals surface area (Å²) in [5, 5.41) is 5.79. The Balaban J connectivity index is 1.80. The number of hydrogen-bond acceptors (Lipinski definition) is 3. The summed E-state index contributed by atoms with van der Waals surface area (Å²) < 4.78 is 5.26. The number of methoxy groups -OCH3 is 1. The first-order valence-electron chi connectivity index (χ1n) is 9.32. The number of para-hydroxylation sites is 2. The van der Waals surface area contributed by atoms with Crippen LogP contribution in [-0.4, -0.2) is 18.9 Å². The van der Waals surface area contributed by atoms with Crippen molar-refractivity contribution in [1.29, 1.82) is 0 Å². The molecule has 0 saturated carbocycles. The van der Waals surface area contributed by atoms with Crippen LogP contribution in [0, 0.1) is 20.8 Å². The summed E-state index contributed by atoms with van der Waals surface area (Å²) in [5.74, 6) is -0.00101. The highest BCUT2D eigenvalue weighted by Gasteiger charge is 2.14. The molecule has 29 heavy (non-hydrogen) atoms. The fraction of sp³-hybridized carbons (Fsp3) is 0.167. The van der Waals surface area contributed by atoms with Gasteiger partial charge in [-0.25, -0.2) is 0 Å². The SMILES string of the molecule is COc1ccccc1NC(=O)c1cccc(C(=O)Nc2c(C)cc(C)cc2C)c1. The third-order valence-corrected chi connectivity index (χ3v) is 4.66. The second-order valence-electron chi connectivity index (χ2n) is 6.96. The van der Waals surface area contributed by atoms with E-state index >= 15 is 0 Å². The number of rotatable bonds is 5. The van der Waals surface area contributed by atoms with E-state index in [1.165, 1.54) is 0 Å². The van der Waals surface area contributed by atoms with E-state index < -0.39 is 0 Å². The van der Waals surface area contributed by atoms with Gasteiger partial charge in [0.1, 0.15) is 5.75 Å². The fourth-order valence-corrected chi connectivity index (χ4v) is 3.31. The van der Waals surface area contributed by atoms with Crippen molar-refractivity contribution < 1.29 is 14.3 Å². The molecule has 5 nitrogen and oxygen atoms in total. The van der Waals surface area contributed by atoms with Crippen molar-refractivity contribution in [2.75, 3.05) is 17.7 Å². The third kappa shape index (κ3) is 4.63. The minimum Gasteiger partial charge on any atom is -0.495 e. The van der Waals surface area contributed by atoms with Crippen molar-refractivity contribution in [3.63, 3.8) is 0 Å². The maximum absolute atomic E-state index is 12.8. The average Bonchev–Trinajstić information content (AvgIpc) is 2.71. The van der Waals surface area contributed by atoms with Crippen LogP contribution < -0.4 is 15.4 Å². The van der Waals surface area contributed by atoms with Gasteiger partial charge in [-0.05, 0) is 62.2 Å². The molecule has 0 saturated heterocycles. The van der Waals surface area contributed by atoms with E-state index in [1.54, 1.807) is 43.5 Å². The van der Waals surface area contributed by atoms with Crippen LogP contribution in [0.25, 0.3) is 0 Å². The van der Waals surface area contributed by atoms with E-state index in [0.717, 1.165) is 22.4 Å². The molecule has 3 aromatic rings. The molecule has 0 radical (unpaired) electrons. The van der Waals surface area contributed by atoms with Crippen LogP contribution in [0.4, 0.5) is 11.4 Å². The largest absolute Gasteiger partial charge is 0.495 e. The molecule has 3 rings (SSSR count). The number of carbonyl (C=O) groups excluding carboxylic acids is 2. The van der Waals surface area contributed by atoms with Crippen LogP contribution >= 0.6 is 0 Å². The molecule has 0 aromatic heterocycles. The molecule has 5 heteroatoms. The molecule has 0 aliphatic rings. The number of carbonyl (C=O) groups is 2. The van der Waals surface area contributed by atoms with Gasteiger partial charge in [0.2, 0.25) is 0 Å². The molecule has 148 valence electrons. The molecule has 3 aromatic carbocycles. The van der Waals surface area contributed by atoms with Gasteiger partial charge in [0.15, 0.2) is 0 Å². The van der Waals surface area contributed by atoms with Crippen molar-refractivity contribution in [3.05, 3.63) is 88.5 Å². The molecule has 0 spiro atoms. The van der Waals surface area contributed by atoms with Crippen LogP contribution in [0.5, 0.6) is 5.75 Å². The monoisotopic (exact) mass is 388 g/mol. The standard InChI is InChI=1S/C24H24N2O3/c1-15-12-16(2)22(17(3)13-15)26-24(28)19-9-7-8-18(14-19)23(27)25-20-10-5-6-11-21(20)29-4/h5-14H,1-4H3,(H,25,27)(H,26,28). The molecular formula is C24H24N2O3. The Kier molecular flexibility index (Phi) is 5.98. The van der Waals surface area contributed by atoms with Crippen LogP contribution in [-0.2, 0) is 0 Å². The van der Waals surface area contributed by atoms with E-state index in [4.69, 9.17) is 4.74 Å². The van der Waals surface area contributed by atoms with Crippen molar-refractivity contribution in [2.45, 2.75) is 20.8 Å². The van der Waals surface area contributed by atoms with Gasteiger partial charge in [-0.3, -0.25) is 9.59 Å². The quantitative estimate of drug-likeness (QED) is 0.637. The topological polar surface area (TPSA) is 67.4 Å². The number of amides is 2.